The standard InChI is InChI=1S/C15H17N5O/c21-15-9-4-10-8-19(14(15)11(10)5-9)12-6-16-7-13(18-12)20-3-1-2-17-20/h1-3,6-7,9-11,14-15,21H,4-5,8H2. The van der Waals surface area contributed by atoms with Gasteiger partial charge < -0.3 is 10.0 Å². The van der Waals surface area contributed by atoms with Crippen molar-refractivity contribution in [3.8, 4) is 5.82 Å². The van der Waals surface area contributed by atoms with Crippen LogP contribution in [0.1, 0.15) is 12.8 Å². The third-order valence-corrected chi connectivity index (χ3v) is 5.49. The minimum absolute atomic E-state index is 0.205. The van der Waals surface area contributed by atoms with Crippen molar-refractivity contribution in [1.82, 2.24) is 19.7 Å². The van der Waals surface area contributed by atoms with E-state index in [1.807, 2.05) is 12.3 Å². The van der Waals surface area contributed by atoms with Gasteiger partial charge in [-0.15, -0.1) is 0 Å². The van der Waals surface area contributed by atoms with E-state index in [1.54, 1.807) is 23.3 Å². The van der Waals surface area contributed by atoms with Gasteiger partial charge in [0.2, 0.25) is 0 Å². The molecule has 2 bridgehead atoms. The number of nitrogens with zero attached hydrogens (tertiary/aromatic N) is 5. The molecule has 0 radical (unpaired) electrons. The molecule has 1 saturated heterocycles. The van der Waals surface area contributed by atoms with Gasteiger partial charge in [0.1, 0.15) is 5.82 Å². The Hall–Kier alpha value is -1.95. The van der Waals surface area contributed by atoms with E-state index in [9.17, 15) is 5.11 Å². The first-order valence-corrected chi connectivity index (χ1v) is 7.58. The summed E-state index contributed by atoms with van der Waals surface area (Å²) in [4.78, 5) is 11.3. The fourth-order valence-corrected chi connectivity index (χ4v) is 4.68. The third kappa shape index (κ3) is 1.53. The van der Waals surface area contributed by atoms with Crippen LogP contribution < -0.4 is 4.90 Å². The zero-order chi connectivity index (χ0) is 14.0. The summed E-state index contributed by atoms with van der Waals surface area (Å²) in [6.07, 6.45) is 9.26. The highest BCUT2D eigenvalue weighted by Crippen LogP contribution is 2.55. The Morgan fingerprint density at radius 2 is 2.05 bits per heavy atom. The Morgan fingerprint density at radius 3 is 2.86 bits per heavy atom. The molecule has 3 heterocycles. The maximum absolute atomic E-state index is 10.5. The number of aliphatic hydroxyl groups excluding tert-OH is 1. The Balaban J connectivity index is 1.53. The van der Waals surface area contributed by atoms with Crippen molar-refractivity contribution in [3.63, 3.8) is 0 Å². The molecule has 5 atom stereocenters. The van der Waals surface area contributed by atoms with E-state index in [2.05, 4.69) is 15.0 Å². The zero-order valence-electron chi connectivity index (χ0n) is 11.6. The molecule has 6 heteroatoms. The average molecular weight is 283 g/mol. The molecule has 5 unspecified atom stereocenters. The van der Waals surface area contributed by atoms with Crippen LogP contribution in [0.25, 0.3) is 5.82 Å². The Bertz CT molecular complexity index is 670. The molecule has 6 nitrogen and oxygen atoms in total. The minimum atomic E-state index is -0.205. The van der Waals surface area contributed by atoms with Gasteiger partial charge in [-0.25, -0.2) is 9.67 Å². The smallest absolute Gasteiger partial charge is 0.173 e. The van der Waals surface area contributed by atoms with Crippen molar-refractivity contribution >= 4 is 5.82 Å². The lowest BCUT2D eigenvalue weighted by atomic mass is 9.88. The Kier molecular flexibility index (Phi) is 2.25. The van der Waals surface area contributed by atoms with Gasteiger partial charge in [-0.3, -0.25) is 4.98 Å². The molecule has 0 spiro atoms. The van der Waals surface area contributed by atoms with Gasteiger partial charge in [-0.05, 0) is 36.7 Å². The number of aromatic nitrogens is 4. The van der Waals surface area contributed by atoms with Crippen LogP contribution in [0.2, 0.25) is 0 Å². The highest BCUT2D eigenvalue weighted by atomic mass is 16.3. The molecule has 1 aliphatic heterocycles. The topological polar surface area (TPSA) is 67.1 Å². The summed E-state index contributed by atoms with van der Waals surface area (Å²) >= 11 is 0. The molecule has 3 fully saturated rings. The van der Waals surface area contributed by atoms with Crippen molar-refractivity contribution in [1.29, 1.82) is 0 Å². The summed E-state index contributed by atoms with van der Waals surface area (Å²) in [7, 11) is 0. The highest BCUT2D eigenvalue weighted by Gasteiger charge is 2.59. The van der Waals surface area contributed by atoms with Crippen molar-refractivity contribution in [3.05, 3.63) is 30.9 Å². The SMILES string of the molecule is OC1C2CC3CN(c4cncc(-n5cccn5)n4)C1C3C2. The monoisotopic (exact) mass is 283 g/mol. The van der Waals surface area contributed by atoms with E-state index >= 15 is 0 Å². The fourth-order valence-electron chi connectivity index (χ4n) is 4.68. The normalized spacial score (nSPS) is 36.6. The maximum Gasteiger partial charge on any atom is 0.173 e. The van der Waals surface area contributed by atoms with Crippen molar-refractivity contribution in [2.45, 2.75) is 25.0 Å². The van der Waals surface area contributed by atoms with E-state index < -0.39 is 0 Å². The lowest BCUT2D eigenvalue weighted by molar-refractivity contribution is 0.0965. The van der Waals surface area contributed by atoms with Crippen molar-refractivity contribution in [2.24, 2.45) is 17.8 Å². The molecule has 2 aliphatic carbocycles. The highest BCUT2D eigenvalue weighted by molar-refractivity contribution is 5.45. The second-order valence-electron chi connectivity index (χ2n) is 6.48. The summed E-state index contributed by atoms with van der Waals surface area (Å²) in [5, 5.41) is 14.7. The summed E-state index contributed by atoms with van der Waals surface area (Å²) in [6, 6.07) is 2.10. The first-order valence-electron chi connectivity index (χ1n) is 7.58. The van der Waals surface area contributed by atoms with Crippen LogP contribution in [-0.4, -0.2) is 43.5 Å². The molecule has 0 amide bonds. The lowest BCUT2D eigenvalue weighted by Gasteiger charge is -2.29. The van der Waals surface area contributed by atoms with Crippen molar-refractivity contribution in [2.75, 3.05) is 11.4 Å². The quantitative estimate of drug-likeness (QED) is 0.885. The number of rotatable bonds is 2. The molecule has 2 saturated carbocycles. The lowest BCUT2D eigenvalue weighted by Crippen LogP contribution is -2.41. The average Bonchev–Trinajstić information content (AvgIpc) is 3.23. The van der Waals surface area contributed by atoms with Gasteiger partial charge in [-0.2, -0.15) is 5.10 Å². The number of aliphatic hydroxyl groups is 1. The largest absolute Gasteiger partial charge is 0.391 e. The molecule has 3 aliphatic rings. The first kappa shape index (κ1) is 11.7. The zero-order valence-corrected chi connectivity index (χ0v) is 11.6. The van der Waals surface area contributed by atoms with Gasteiger partial charge in [-0.1, -0.05) is 0 Å². The van der Waals surface area contributed by atoms with E-state index in [1.165, 1.54) is 12.8 Å². The summed E-state index contributed by atoms with van der Waals surface area (Å²) in [5.41, 5.74) is 0. The molecule has 2 aromatic rings. The van der Waals surface area contributed by atoms with Crippen LogP contribution >= 0.6 is 0 Å². The van der Waals surface area contributed by atoms with E-state index in [-0.39, 0.29) is 12.1 Å². The van der Waals surface area contributed by atoms with Crippen LogP contribution in [0.15, 0.2) is 30.9 Å². The Labute approximate surface area is 122 Å². The number of hydrogen-bond donors (Lipinski definition) is 1. The number of fused-ring (bicyclic) bond motifs is 1. The van der Waals surface area contributed by atoms with Crippen LogP contribution in [0.5, 0.6) is 0 Å². The van der Waals surface area contributed by atoms with Gasteiger partial charge >= 0.3 is 0 Å². The number of anilines is 1. The van der Waals surface area contributed by atoms with Gasteiger partial charge in [0.05, 0.1) is 24.5 Å². The molecule has 1 N–H and O–H groups in total. The molecule has 21 heavy (non-hydrogen) atoms. The summed E-state index contributed by atoms with van der Waals surface area (Å²) in [6.45, 7) is 1.00. The third-order valence-electron chi connectivity index (χ3n) is 5.49. The molecule has 0 aromatic carbocycles. The minimum Gasteiger partial charge on any atom is -0.391 e. The summed E-state index contributed by atoms with van der Waals surface area (Å²) in [5.74, 6) is 3.44. The van der Waals surface area contributed by atoms with Crippen LogP contribution in [0.4, 0.5) is 5.82 Å². The van der Waals surface area contributed by atoms with Gasteiger partial charge in [0.25, 0.3) is 0 Å². The van der Waals surface area contributed by atoms with E-state index in [0.29, 0.717) is 11.8 Å². The Morgan fingerprint density at radius 1 is 1.14 bits per heavy atom. The van der Waals surface area contributed by atoms with Crippen LogP contribution in [0.3, 0.4) is 0 Å². The maximum atomic E-state index is 10.5. The second kappa shape index (κ2) is 4.04. The van der Waals surface area contributed by atoms with Gasteiger partial charge in [0, 0.05) is 18.9 Å². The van der Waals surface area contributed by atoms with Crippen molar-refractivity contribution < 1.29 is 5.11 Å². The second-order valence-corrected chi connectivity index (χ2v) is 6.48. The molecule has 5 rings (SSSR count). The number of hydrogen-bond acceptors (Lipinski definition) is 5. The van der Waals surface area contributed by atoms with Crippen LogP contribution in [0, 0.1) is 17.8 Å². The molecular weight excluding hydrogens is 266 g/mol. The molecule has 108 valence electrons. The molecule has 2 aromatic heterocycles. The van der Waals surface area contributed by atoms with Gasteiger partial charge in [0.15, 0.2) is 5.82 Å². The fraction of sp³-hybridized carbons (Fsp3) is 0.533. The molecular formula is C15H17N5O. The van der Waals surface area contributed by atoms with Crippen LogP contribution in [-0.2, 0) is 0 Å². The van der Waals surface area contributed by atoms with E-state index in [4.69, 9.17) is 4.98 Å². The predicted molar refractivity (Wildman–Crippen MR) is 76.0 cm³/mol. The predicted octanol–water partition coefficient (Wildman–Crippen LogP) is 0.868. The first-order chi connectivity index (χ1) is 10.3. The summed E-state index contributed by atoms with van der Waals surface area (Å²) < 4.78 is 1.72. The van der Waals surface area contributed by atoms with E-state index in [0.717, 1.165) is 24.1 Å².